The molecule has 0 N–H and O–H groups in total. The molecule has 0 saturated heterocycles. The molecule has 0 aromatic heterocycles. The van der Waals surface area contributed by atoms with E-state index in [9.17, 15) is 14.4 Å². The molecule has 0 aliphatic rings. The SMILES string of the molecule is CCOC(=O)CN(C#CCOC(C)=O)C(=O)OC(C)(C)C. The van der Waals surface area contributed by atoms with Crippen LogP contribution in [0.3, 0.4) is 0 Å². The van der Waals surface area contributed by atoms with E-state index in [2.05, 4.69) is 16.7 Å². The van der Waals surface area contributed by atoms with E-state index in [1.807, 2.05) is 0 Å². The minimum Gasteiger partial charge on any atom is -0.465 e. The van der Waals surface area contributed by atoms with Gasteiger partial charge in [0, 0.05) is 13.0 Å². The first kappa shape index (κ1) is 18.8. The Morgan fingerprint density at radius 1 is 1.14 bits per heavy atom. The van der Waals surface area contributed by atoms with Crippen molar-refractivity contribution in [2.24, 2.45) is 0 Å². The van der Waals surface area contributed by atoms with Gasteiger partial charge in [-0.3, -0.25) is 9.59 Å². The zero-order valence-electron chi connectivity index (χ0n) is 13.0. The highest BCUT2D eigenvalue weighted by molar-refractivity contribution is 5.79. The largest absolute Gasteiger partial charge is 0.465 e. The number of amides is 1. The van der Waals surface area contributed by atoms with Crippen molar-refractivity contribution in [3.8, 4) is 12.0 Å². The van der Waals surface area contributed by atoms with Crippen molar-refractivity contribution in [2.75, 3.05) is 19.8 Å². The average molecular weight is 299 g/mol. The molecule has 0 rings (SSSR count). The van der Waals surface area contributed by atoms with Gasteiger partial charge in [-0.05, 0) is 33.6 Å². The molecule has 0 aromatic rings. The maximum Gasteiger partial charge on any atom is 0.422 e. The summed E-state index contributed by atoms with van der Waals surface area (Å²) >= 11 is 0. The summed E-state index contributed by atoms with van der Waals surface area (Å²) in [6.45, 7) is 7.63. The molecule has 0 bridgehead atoms. The molecule has 0 aliphatic carbocycles. The first-order valence-corrected chi connectivity index (χ1v) is 6.43. The first-order chi connectivity index (χ1) is 9.65. The number of hydrogen-bond acceptors (Lipinski definition) is 6. The summed E-state index contributed by atoms with van der Waals surface area (Å²) in [5.74, 6) is 1.36. The molecule has 118 valence electrons. The van der Waals surface area contributed by atoms with Gasteiger partial charge in [-0.15, -0.1) is 0 Å². The third kappa shape index (κ3) is 10.2. The van der Waals surface area contributed by atoms with E-state index in [0.717, 1.165) is 4.90 Å². The molecule has 7 heteroatoms. The van der Waals surface area contributed by atoms with Crippen molar-refractivity contribution >= 4 is 18.0 Å². The summed E-state index contributed by atoms with van der Waals surface area (Å²) in [6.07, 6.45) is -0.772. The van der Waals surface area contributed by atoms with E-state index in [4.69, 9.17) is 9.47 Å². The van der Waals surface area contributed by atoms with Crippen molar-refractivity contribution < 1.29 is 28.6 Å². The van der Waals surface area contributed by atoms with Gasteiger partial charge < -0.3 is 14.2 Å². The zero-order chi connectivity index (χ0) is 16.5. The van der Waals surface area contributed by atoms with Gasteiger partial charge in [0.15, 0.2) is 6.61 Å². The van der Waals surface area contributed by atoms with Crippen LogP contribution in [0.25, 0.3) is 0 Å². The van der Waals surface area contributed by atoms with E-state index in [1.165, 1.54) is 6.92 Å². The van der Waals surface area contributed by atoms with Crippen LogP contribution in [-0.2, 0) is 23.8 Å². The van der Waals surface area contributed by atoms with Crippen molar-refractivity contribution in [3.63, 3.8) is 0 Å². The third-order valence-electron chi connectivity index (χ3n) is 1.77. The van der Waals surface area contributed by atoms with Crippen LogP contribution < -0.4 is 0 Å². The highest BCUT2D eigenvalue weighted by Gasteiger charge is 2.23. The summed E-state index contributed by atoms with van der Waals surface area (Å²) in [4.78, 5) is 34.8. The highest BCUT2D eigenvalue weighted by atomic mass is 16.6. The van der Waals surface area contributed by atoms with Crippen LogP contribution in [0.4, 0.5) is 4.79 Å². The molecule has 0 aliphatic heterocycles. The van der Waals surface area contributed by atoms with Crippen LogP contribution in [0.5, 0.6) is 0 Å². The molecule has 7 nitrogen and oxygen atoms in total. The van der Waals surface area contributed by atoms with E-state index in [-0.39, 0.29) is 19.8 Å². The fourth-order valence-corrected chi connectivity index (χ4v) is 1.07. The molecule has 0 aromatic carbocycles. The van der Waals surface area contributed by atoms with Gasteiger partial charge in [-0.2, -0.15) is 0 Å². The zero-order valence-corrected chi connectivity index (χ0v) is 13.0. The van der Waals surface area contributed by atoms with Crippen LogP contribution in [0.2, 0.25) is 0 Å². The van der Waals surface area contributed by atoms with Crippen LogP contribution in [-0.4, -0.2) is 48.3 Å². The fourth-order valence-electron chi connectivity index (χ4n) is 1.07. The number of ether oxygens (including phenoxy) is 3. The second-order valence-corrected chi connectivity index (χ2v) is 4.94. The summed E-state index contributed by atoms with van der Waals surface area (Å²) in [5.41, 5.74) is -0.721. The number of esters is 2. The molecule has 21 heavy (non-hydrogen) atoms. The van der Waals surface area contributed by atoms with Gasteiger partial charge in [-0.25, -0.2) is 9.69 Å². The minimum absolute atomic E-state index is 0.183. The maximum atomic E-state index is 11.9. The Balaban J connectivity index is 4.79. The van der Waals surface area contributed by atoms with Crippen LogP contribution >= 0.6 is 0 Å². The fraction of sp³-hybridized carbons (Fsp3) is 0.643. The van der Waals surface area contributed by atoms with Crippen molar-refractivity contribution in [1.29, 1.82) is 0 Å². The Morgan fingerprint density at radius 2 is 1.76 bits per heavy atom. The molecule has 0 fully saturated rings. The quantitative estimate of drug-likeness (QED) is 0.337. The molecule has 0 heterocycles. The normalized spacial score (nSPS) is 9.95. The lowest BCUT2D eigenvalue weighted by atomic mass is 10.2. The number of hydrogen-bond donors (Lipinski definition) is 0. The predicted molar refractivity (Wildman–Crippen MR) is 74.0 cm³/mol. The standard InChI is InChI=1S/C14H21NO6/c1-6-19-12(17)10-15(8-7-9-20-11(2)16)13(18)21-14(3,4)5/h6,9-10H2,1-5H3. The van der Waals surface area contributed by atoms with E-state index in [1.54, 1.807) is 27.7 Å². The molecule has 1 amide bonds. The van der Waals surface area contributed by atoms with Crippen molar-refractivity contribution in [1.82, 2.24) is 4.90 Å². The molecule has 0 atom stereocenters. The Morgan fingerprint density at radius 3 is 2.24 bits per heavy atom. The number of carbonyl (C=O) groups excluding carboxylic acids is 3. The molecule has 0 unspecified atom stereocenters. The monoisotopic (exact) mass is 299 g/mol. The van der Waals surface area contributed by atoms with E-state index < -0.39 is 23.6 Å². The summed E-state index contributed by atoms with van der Waals surface area (Å²) in [5, 5.41) is 0. The third-order valence-corrected chi connectivity index (χ3v) is 1.77. The number of nitrogens with zero attached hydrogens (tertiary/aromatic N) is 1. The average Bonchev–Trinajstić information content (AvgIpc) is 2.30. The maximum absolute atomic E-state index is 11.9. The Labute approximate surface area is 124 Å². The number of carbonyl (C=O) groups is 3. The highest BCUT2D eigenvalue weighted by Crippen LogP contribution is 2.09. The van der Waals surface area contributed by atoms with E-state index >= 15 is 0 Å². The van der Waals surface area contributed by atoms with Gasteiger partial charge in [0.05, 0.1) is 6.61 Å². The Bertz CT molecular complexity index is 441. The lowest BCUT2D eigenvalue weighted by molar-refractivity contribution is -0.143. The Kier molecular flexibility index (Phi) is 7.91. The van der Waals surface area contributed by atoms with Gasteiger partial charge in [0.1, 0.15) is 12.1 Å². The van der Waals surface area contributed by atoms with Crippen LogP contribution in [0, 0.1) is 12.0 Å². The number of rotatable bonds is 4. The second kappa shape index (κ2) is 8.84. The molecule has 0 saturated carbocycles. The van der Waals surface area contributed by atoms with Gasteiger partial charge in [-0.1, -0.05) is 0 Å². The summed E-state index contributed by atoms with van der Waals surface area (Å²) in [7, 11) is 0. The van der Waals surface area contributed by atoms with Crippen molar-refractivity contribution in [2.45, 2.75) is 40.2 Å². The van der Waals surface area contributed by atoms with Crippen molar-refractivity contribution in [3.05, 3.63) is 0 Å². The minimum atomic E-state index is -0.772. The smallest absolute Gasteiger partial charge is 0.422 e. The van der Waals surface area contributed by atoms with Gasteiger partial charge >= 0.3 is 18.0 Å². The molecular weight excluding hydrogens is 278 g/mol. The summed E-state index contributed by atoms with van der Waals surface area (Å²) < 4.78 is 14.5. The van der Waals surface area contributed by atoms with E-state index in [0.29, 0.717) is 0 Å². The molecule has 0 spiro atoms. The first-order valence-electron chi connectivity index (χ1n) is 6.43. The van der Waals surface area contributed by atoms with Crippen LogP contribution in [0.15, 0.2) is 0 Å². The predicted octanol–water partition coefficient (Wildman–Crippen LogP) is 1.31. The Hall–Kier alpha value is -2.23. The topological polar surface area (TPSA) is 82.1 Å². The van der Waals surface area contributed by atoms with Gasteiger partial charge in [0.2, 0.25) is 0 Å². The molecular formula is C14H21NO6. The summed E-state index contributed by atoms with van der Waals surface area (Å²) in [6, 6.07) is 2.42. The molecule has 0 radical (unpaired) electrons. The van der Waals surface area contributed by atoms with Crippen LogP contribution in [0.1, 0.15) is 34.6 Å². The lowest BCUT2D eigenvalue weighted by Gasteiger charge is -2.23. The lowest BCUT2D eigenvalue weighted by Crippen LogP contribution is -2.37. The second-order valence-electron chi connectivity index (χ2n) is 4.94. The van der Waals surface area contributed by atoms with Gasteiger partial charge in [0.25, 0.3) is 0 Å².